The fraction of sp³-hybridized carbons (Fsp3) is 0.350. The van der Waals surface area contributed by atoms with Crippen LogP contribution in [0.5, 0.6) is 17.2 Å². The van der Waals surface area contributed by atoms with Crippen LogP contribution in [-0.2, 0) is 13.6 Å². The summed E-state index contributed by atoms with van der Waals surface area (Å²) in [5, 5.41) is 3.52. The molecule has 1 heterocycles. The van der Waals surface area contributed by atoms with E-state index in [1.54, 1.807) is 21.3 Å². The van der Waals surface area contributed by atoms with Crippen LogP contribution in [0.1, 0.15) is 24.4 Å². The van der Waals surface area contributed by atoms with Gasteiger partial charge in [-0.3, -0.25) is 0 Å². The first kappa shape index (κ1) is 18.1. The number of nitrogens with zero attached hydrogens (tertiary/aromatic N) is 2. The van der Waals surface area contributed by atoms with Crippen LogP contribution in [0.2, 0.25) is 0 Å². The molecule has 3 rings (SSSR count). The van der Waals surface area contributed by atoms with Gasteiger partial charge < -0.3 is 24.1 Å². The van der Waals surface area contributed by atoms with Crippen LogP contribution in [0.3, 0.4) is 0 Å². The Morgan fingerprint density at radius 3 is 2.27 bits per heavy atom. The second kappa shape index (κ2) is 7.66. The van der Waals surface area contributed by atoms with Crippen molar-refractivity contribution in [1.29, 1.82) is 0 Å². The highest BCUT2D eigenvalue weighted by Gasteiger charge is 2.16. The summed E-state index contributed by atoms with van der Waals surface area (Å²) in [6.07, 6.45) is 0. The highest BCUT2D eigenvalue weighted by Crippen LogP contribution is 2.38. The zero-order valence-corrected chi connectivity index (χ0v) is 15.9. The van der Waals surface area contributed by atoms with Crippen molar-refractivity contribution in [1.82, 2.24) is 14.9 Å². The van der Waals surface area contributed by atoms with Gasteiger partial charge in [0.25, 0.3) is 0 Å². The van der Waals surface area contributed by atoms with E-state index in [-0.39, 0.29) is 6.04 Å². The molecule has 6 heteroatoms. The van der Waals surface area contributed by atoms with E-state index in [4.69, 9.17) is 19.2 Å². The molecule has 1 aromatic heterocycles. The highest BCUT2D eigenvalue weighted by molar-refractivity contribution is 5.75. The van der Waals surface area contributed by atoms with Gasteiger partial charge in [0.1, 0.15) is 5.82 Å². The summed E-state index contributed by atoms with van der Waals surface area (Å²) in [6.45, 7) is 2.76. The number of rotatable bonds is 7. The molecule has 0 aliphatic heterocycles. The van der Waals surface area contributed by atoms with E-state index >= 15 is 0 Å². The summed E-state index contributed by atoms with van der Waals surface area (Å²) >= 11 is 0. The van der Waals surface area contributed by atoms with Crippen LogP contribution in [0.25, 0.3) is 11.0 Å². The van der Waals surface area contributed by atoms with Crippen LogP contribution in [0.15, 0.2) is 36.4 Å². The fourth-order valence-corrected chi connectivity index (χ4v) is 3.15. The van der Waals surface area contributed by atoms with Crippen LogP contribution in [0.4, 0.5) is 0 Å². The number of nitrogens with one attached hydrogen (secondary N) is 1. The smallest absolute Gasteiger partial charge is 0.203 e. The van der Waals surface area contributed by atoms with E-state index in [0.29, 0.717) is 23.8 Å². The molecule has 0 fully saturated rings. The molecule has 1 N–H and O–H groups in total. The SMILES string of the molecule is COc1cc(CN[C@@H](C)c2nc3ccccc3n2C)cc(OC)c1OC. The molecule has 1 atom stereocenters. The first-order chi connectivity index (χ1) is 12.6. The quantitative estimate of drug-likeness (QED) is 0.703. The maximum Gasteiger partial charge on any atom is 0.203 e. The van der Waals surface area contributed by atoms with Crippen LogP contribution < -0.4 is 19.5 Å². The number of imidazole rings is 1. The van der Waals surface area contributed by atoms with Gasteiger partial charge in [-0.1, -0.05) is 12.1 Å². The topological polar surface area (TPSA) is 57.5 Å². The minimum Gasteiger partial charge on any atom is -0.493 e. The van der Waals surface area contributed by atoms with Crippen molar-refractivity contribution in [2.45, 2.75) is 19.5 Å². The third-order valence-corrected chi connectivity index (χ3v) is 4.55. The molecular formula is C20H25N3O3. The summed E-state index contributed by atoms with van der Waals surface area (Å²) < 4.78 is 18.3. The summed E-state index contributed by atoms with van der Waals surface area (Å²) in [7, 11) is 6.89. The van der Waals surface area contributed by atoms with E-state index in [1.807, 2.05) is 37.4 Å². The monoisotopic (exact) mass is 355 g/mol. The van der Waals surface area contributed by atoms with Crippen molar-refractivity contribution in [3.8, 4) is 17.2 Å². The molecule has 0 spiro atoms. The van der Waals surface area contributed by atoms with Crippen molar-refractivity contribution in [3.05, 3.63) is 47.8 Å². The minimum atomic E-state index is 0.0893. The number of hydrogen-bond donors (Lipinski definition) is 1. The van der Waals surface area contributed by atoms with Gasteiger partial charge in [-0.15, -0.1) is 0 Å². The summed E-state index contributed by atoms with van der Waals surface area (Å²) in [5.74, 6) is 2.90. The molecule has 2 aromatic carbocycles. The number of ether oxygens (including phenoxy) is 3. The standard InChI is InChI=1S/C20H25N3O3/c1-13(20-22-15-8-6-7-9-16(15)23(20)2)21-12-14-10-17(24-3)19(26-5)18(11-14)25-4/h6-11,13,21H,12H2,1-5H3/t13-/m0/s1. The molecule has 6 nitrogen and oxygen atoms in total. The Morgan fingerprint density at radius 2 is 1.69 bits per heavy atom. The zero-order chi connectivity index (χ0) is 18.7. The molecule has 0 amide bonds. The number of para-hydroxylation sites is 2. The predicted molar refractivity (Wildman–Crippen MR) is 102 cm³/mol. The van der Waals surface area contributed by atoms with Gasteiger partial charge in [0.05, 0.1) is 38.4 Å². The van der Waals surface area contributed by atoms with Crippen molar-refractivity contribution < 1.29 is 14.2 Å². The number of benzene rings is 2. The first-order valence-corrected chi connectivity index (χ1v) is 8.52. The van der Waals surface area contributed by atoms with E-state index in [0.717, 1.165) is 22.4 Å². The van der Waals surface area contributed by atoms with Crippen molar-refractivity contribution in [2.75, 3.05) is 21.3 Å². The maximum atomic E-state index is 5.42. The molecule has 3 aromatic rings. The molecule has 0 aliphatic carbocycles. The number of methoxy groups -OCH3 is 3. The minimum absolute atomic E-state index is 0.0893. The van der Waals surface area contributed by atoms with Crippen LogP contribution >= 0.6 is 0 Å². The van der Waals surface area contributed by atoms with Gasteiger partial charge in [-0.2, -0.15) is 0 Å². The Bertz CT molecular complexity index is 879. The van der Waals surface area contributed by atoms with E-state index in [2.05, 4.69) is 22.9 Å². The average molecular weight is 355 g/mol. The third-order valence-electron chi connectivity index (χ3n) is 4.55. The zero-order valence-electron chi connectivity index (χ0n) is 15.9. The van der Waals surface area contributed by atoms with E-state index in [9.17, 15) is 0 Å². The Hall–Kier alpha value is -2.73. The Morgan fingerprint density at radius 1 is 1.04 bits per heavy atom. The van der Waals surface area contributed by atoms with Gasteiger partial charge in [-0.05, 0) is 36.8 Å². The number of aromatic nitrogens is 2. The van der Waals surface area contributed by atoms with Gasteiger partial charge >= 0.3 is 0 Å². The number of fused-ring (bicyclic) bond motifs is 1. The lowest BCUT2D eigenvalue weighted by Crippen LogP contribution is -2.21. The maximum absolute atomic E-state index is 5.42. The number of aryl methyl sites for hydroxylation is 1. The second-order valence-electron chi connectivity index (χ2n) is 6.15. The third kappa shape index (κ3) is 3.32. The average Bonchev–Trinajstić information content (AvgIpc) is 3.02. The van der Waals surface area contributed by atoms with E-state index in [1.165, 1.54) is 0 Å². The first-order valence-electron chi connectivity index (χ1n) is 8.52. The Kier molecular flexibility index (Phi) is 5.32. The lowest BCUT2D eigenvalue weighted by molar-refractivity contribution is 0.323. The van der Waals surface area contributed by atoms with Gasteiger partial charge in [-0.25, -0.2) is 4.98 Å². The van der Waals surface area contributed by atoms with Crippen LogP contribution in [-0.4, -0.2) is 30.9 Å². The van der Waals surface area contributed by atoms with E-state index < -0.39 is 0 Å². The predicted octanol–water partition coefficient (Wildman–Crippen LogP) is 3.45. The summed E-state index contributed by atoms with van der Waals surface area (Å²) in [5.41, 5.74) is 3.18. The highest BCUT2D eigenvalue weighted by atomic mass is 16.5. The molecule has 0 saturated heterocycles. The lowest BCUT2D eigenvalue weighted by atomic mass is 10.1. The molecule has 0 saturated carbocycles. The molecule has 138 valence electrons. The number of hydrogen-bond acceptors (Lipinski definition) is 5. The van der Waals surface area contributed by atoms with Crippen molar-refractivity contribution in [3.63, 3.8) is 0 Å². The largest absolute Gasteiger partial charge is 0.493 e. The van der Waals surface area contributed by atoms with Gasteiger partial charge in [0.15, 0.2) is 11.5 Å². The molecule has 26 heavy (non-hydrogen) atoms. The van der Waals surface area contributed by atoms with Crippen LogP contribution in [0, 0.1) is 0 Å². The normalized spacial score (nSPS) is 12.2. The van der Waals surface area contributed by atoms with Crippen molar-refractivity contribution >= 4 is 11.0 Å². The Labute approximate surface area is 153 Å². The molecule has 0 bridgehead atoms. The molecule has 0 radical (unpaired) electrons. The van der Waals surface area contributed by atoms with Gasteiger partial charge in [0, 0.05) is 13.6 Å². The molecule has 0 aliphatic rings. The summed E-state index contributed by atoms with van der Waals surface area (Å²) in [4.78, 5) is 4.75. The lowest BCUT2D eigenvalue weighted by Gasteiger charge is -2.17. The molecule has 0 unspecified atom stereocenters. The molecular weight excluding hydrogens is 330 g/mol. The van der Waals surface area contributed by atoms with Gasteiger partial charge in [0.2, 0.25) is 5.75 Å². The summed E-state index contributed by atoms with van der Waals surface area (Å²) in [6, 6.07) is 12.1. The second-order valence-corrected chi connectivity index (χ2v) is 6.15. The fourth-order valence-electron chi connectivity index (χ4n) is 3.15. The van der Waals surface area contributed by atoms with Crippen molar-refractivity contribution in [2.24, 2.45) is 7.05 Å². The Balaban J connectivity index is 1.80.